The van der Waals surface area contributed by atoms with Crippen LogP contribution in [0.4, 0.5) is 0 Å². The molecular formula is C14H26N4O. The maximum Gasteiger partial charge on any atom is 0.164 e. The van der Waals surface area contributed by atoms with E-state index in [1.54, 1.807) is 6.33 Å². The Morgan fingerprint density at radius 1 is 1.47 bits per heavy atom. The van der Waals surface area contributed by atoms with Crippen molar-refractivity contribution in [3.05, 3.63) is 12.2 Å². The van der Waals surface area contributed by atoms with Crippen LogP contribution in [0.5, 0.6) is 0 Å². The molecule has 0 spiro atoms. The number of nitrogens with zero attached hydrogens (tertiary/aromatic N) is 3. The minimum Gasteiger partial charge on any atom is -0.370 e. The summed E-state index contributed by atoms with van der Waals surface area (Å²) in [6.07, 6.45) is 4.28. The van der Waals surface area contributed by atoms with Gasteiger partial charge in [-0.25, -0.2) is 4.98 Å². The second-order valence-electron chi connectivity index (χ2n) is 7.02. The SMILES string of the molecule is CC(C)(C)NCc1ncn(CC2CCC(C)(C)O2)n1. The first-order valence-corrected chi connectivity index (χ1v) is 7.05. The van der Waals surface area contributed by atoms with E-state index in [2.05, 4.69) is 50.0 Å². The van der Waals surface area contributed by atoms with Gasteiger partial charge in [-0.15, -0.1) is 0 Å². The van der Waals surface area contributed by atoms with Crippen LogP contribution in [0, 0.1) is 0 Å². The van der Waals surface area contributed by atoms with E-state index in [1.165, 1.54) is 0 Å². The zero-order valence-electron chi connectivity index (χ0n) is 12.7. The Balaban J connectivity index is 1.84. The topological polar surface area (TPSA) is 52.0 Å². The minimum absolute atomic E-state index is 0.0157. The van der Waals surface area contributed by atoms with Crippen molar-refractivity contribution in [1.29, 1.82) is 0 Å². The average molecular weight is 266 g/mol. The molecule has 2 heterocycles. The predicted octanol–water partition coefficient (Wildman–Crippen LogP) is 2.12. The molecule has 2 rings (SSSR count). The zero-order valence-corrected chi connectivity index (χ0v) is 12.7. The first-order chi connectivity index (χ1) is 8.73. The molecule has 0 aliphatic carbocycles. The third kappa shape index (κ3) is 4.58. The van der Waals surface area contributed by atoms with Crippen molar-refractivity contribution in [3.8, 4) is 0 Å². The highest BCUT2D eigenvalue weighted by Gasteiger charge is 2.31. The summed E-state index contributed by atoms with van der Waals surface area (Å²) in [6.45, 7) is 12.2. The molecule has 5 nitrogen and oxygen atoms in total. The monoisotopic (exact) mass is 266 g/mol. The maximum atomic E-state index is 5.97. The van der Waals surface area contributed by atoms with Gasteiger partial charge in [-0.05, 0) is 47.5 Å². The largest absolute Gasteiger partial charge is 0.370 e. The smallest absolute Gasteiger partial charge is 0.164 e. The van der Waals surface area contributed by atoms with Crippen molar-refractivity contribution in [3.63, 3.8) is 0 Å². The molecule has 1 aliphatic rings. The highest BCUT2D eigenvalue weighted by Crippen LogP contribution is 2.29. The number of aromatic nitrogens is 3. The summed E-state index contributed by atoms with van der Waals surface area (Å²) in [6, 6.07) is 0. The second kappa shape index (κ2) is 5.21. The van der Waals surface area contributed by atoms with E-state index in [0.29, 0.717) is 6.54 Å². The molecule has 1 fully saturated rings. The molecule has 1 N–H and O–H groups in total. The number of hydrogen-bond acceptors (Lipinski definition) is 4. The van der Waals surface area contributed by atoms with E-state index in [-0.39, 0.29) is 17.2 Å². The Labute approximate surface area is 115 Å². The van der Waals surface area contributed by atoms with Crippen LogP contribution in [-0.4, -0.2) is 32.0 Å². The lowest BCUT2D eigenvalue weighted by molar-refractivity contribution is -0.0230. The van der Waals surface area contributed by atoms with Crippen LogP contribution in [0.15, 0.2) is 6.33 Å². The summed E-state index contributed by atoms with van der Waals surface area (Å²) in [7, 11) is 0. The molecule has 0 saturated carbocycles. The highest BCUT2D eigenvalue weighted by atomic mass is 16.5. The van der Waals surface area contributed by atoms with Gasteiger partial charge in [-0.2, -0.15) is 5.10 Å². The Hall–Kier alpha value is -0.940. The third-order valence-electron chi connectivity index (χ3n) is 3.31. The lowest BCUT2D eigenvalue weighted by atomic mass is 10.1. The van der Waals surface area contributed by atoms with Crippen molar-refractivity contribution in [2.75, 3.05) is 0 Å². The molecule has 1 unspecified atom stereocenters. The van der Waals surface area contributed by atoms with Crippen LogP contribution in [0.2, 0.25) is 0 Å². The Kier molecular flexibility index (Phi) is 3.97. The van der Waals surface area contributed by atoms with Crippen LogP contribution < -0.4 is 5.32 Å². The summed E-state index contributed by atoms with van der Waals surface area (Å²) < 4.78 is 7.87. The number of hydrogen-bond donors (Lipinski definition) is 1. The van der Waals surface area contributed by atoms with Gasteiger partial charge in [0, 0.05) is 5.54 Å². The lowest BCUT2D eigenvalue weighted by Gasteiger charge is -2.19. The van der Waals surface area contributed by atoms with Gasteiger partial charge < -0.3 is 10.1 Å². The van der Waals surface area contributed by atoms with E-state index in [9.17, 15) is 0 Å². The first-order valence-electron chi connectivity index (χ1n) is 7.05. The minimum atomic E-state index is 0.0157. The Morgan fingerprint density at radius 2 is 2.21 bits per heavy atom. The van der Waals surface area contributed by atoms with E-state index >= 15 is 0 Å². The molecule has 108 valence electrons. The van der Waals surface area contributed by atoms with E-state index in [1.807, 2.05) is 4.68 Å². The molecule has 1 aromatic rings. The average Bonchev–Trinajstić information content (AvgIpc) is 2.82. The fourth-order valence-electron chi connectivity index (χ4n) is 2.26. The maximum absolute atomic E-state index is 5.97. The number of rotatable bonds is 4. The molecule has 0 amide bonds. The van der Waals surface area contributed by atoms with Gasteiger partial charge in [-0.1, -0.05) is 0 Å². The first kappa shape index (κ1) is 14.5. The van der Waals surface area contributed by atoms with Gasteiger partial charge in [0.05, 0.1) is 24.8 Å². The summed E-state index contributed by atoms with van der Waals surface area (Å²) in [4.78, 5) is 4.33. The van der Waals surface area contributed by atoms with Crippen LogP contribution in [0.3, 0.4) is 0 Å². The van der Waals surface area contributed by atoms with Crippen LogP contribution in [0.25, 0.3) is 0 Å². The van der Waals surface area contributed by atoms with E-state index in [4.69, 9.17) is 4.74 Å². The van der Waals surface area contributed by atoms with Crippen molar-refractivity contribution in [2.24, 2.45) is 0 Å². The van der Waals surface area contributed by atoms with Crippen LogP contribution >= 0.6 is 0 Å². The Bertz CT molecular complexity index is 419. The van der Waals surface area contributed by atoms with Gasteiger partial charge in [0.1, 0.15) is 6.33 Å². The van der Waals surface area contributed by atoms with Crippen molar-refractivity contribution < 1.29 is 4.74 Å². The summed E-state index contributed by atoms with van der Waals surface area (Å²) in [5.41, 5.74) is 0.103. The third-order valence-corrected chi connectivity index (χ3v) is 3.31. The Morgan fingerprint density at radius 3 is 2.79 bits per heavy atom. The summed E-state index contributed by atoms with van der Waals surface area (Å²) in [5.74, 6) is 0.840. The van der Waals surface area contributed by atoms with E-state index < -0.39 is 0 Å². The van der Waals surface area contributed by atoms with Gasteiger partial charge in [-0.3, -0.25) is 4.68 Å². The van der Waals surface area contributed by atoms with Crippen LogP contribution in [0.1, 0.15) is 53.3 Å². The highest BCUT2D eigenvalue weighted by molar-refractivity contribution is 4.86. The second-order valence-corrected chi connectivity index (χ2v) is 7.02. The molecule has 19 heavy (non-hydrogen) atoms. The molecule has 0 aromatic carbocycles. The predicted molar refractivity (Wildman–Crippen MR) is 74.8 cm³/mol. The zero-order chi connectivity index (χ0) is 14.1. The normalized spacial score (nSPS) is 22.9. The molecule has 1 aromatic heterocycles. The van der Waals surface area contributed by atoms with Gasteiger partial charge >= 0.3 is 0 Å². The molecular weight excluding hydrogens is 240 g/mol. The molecule has 5 heteroatoms. The van der Waals surface area contributed by atoms with E-state index in [0.717, 1.165) is 25.2 Å². The standard InChI is InChI=1S/C14H26N4O/c1-13(2,3)16-8-12-15-10-18(17-12)9-11-6-7-14(4,5)19-11/h10-11,16H,6-9H2,1-5H3. The summed E-state index contributed by atoms with van der Waals surface area (Å²) >= 11 is 0. The van der Waals surface area contributed by atoms with Crippen molar-refractivity contribution >= 4 is 0 Å². The molecule has 1 aliphatic heterocycles. The quantitative estimate of drug-likeness (QED) is 0.907. The fraction of sp³-hybridized carbons (Fsp3) is 0.857. The van der Waals surface area contributed by atoms with Crippen molar-refractivity contribution in [1.82, 2.24) is 20.1 Å². The van der Waals surface area contributed by atoms with Crippen molar-refractivity contribution in [2.45, 2.75) is 77.8 Å². The molecule has 1 atom stereocenters. The number of ether oxygens (including phenoxy) is 1. The van der Waals surface area contributed by atoms with Gasteiger partial charge in [0.15, 0.2) is 5.82 Å². The van der Waals surface area contributed by atoms with Crippen LogP contribution in [-0.2, 0) is 17.8 Å². The fourth-order valence-corrected chi connectivity index (χ4v) is 2.26. The lowest BCUT2D eigenvalue weighted by Crippen LogP contribution is -2.35. The van der Waals surface area contributed by atoms with Gasteiger partial charge in [0.2, 0.25) is 0 Å². The molecule has 0 bridgehead atoms. The van der Waals surface area contributed by atoms with Gasteiger partial charge in [0.25, 0.3) is 0 Å². The summed E-state index contributed by atoms with van der Waals surface area (Å²) in [5, 5.41) is 7.88. The molecule has 0 radical (unpaired) electrons. The molecule has 1 saturated heterocycles. The number of nitrogens with one attached hydrogen (secondary N) is 1.